The van der Waals surface area contributed by atoms with Crippen LogP contribution < -0.4 is 5.32 Å². The smallest absolute Gasteiger partial charge is 0.104 e. The Balaban J connectivity index is 2.10. The zero-order valence-corrected chi connectivity index (χ0v) is 9.98. The number of nitrogens with zero attached hydrogens (tertiary/aromatic N) is 1. The lowest BCUT2D eigenvalue weighted by Crippen LogP contribution is -2.24. The van der Waals surface area contributed by atoms with Gasteiger partial charge in [0.05, 0.1) is 6.54 Å². The van der Waals surface area contributed by atoms with E-state index in [9.17, 15) is 0 Å². The normalized spacial score (nSPS) is 16.6. The van der Waals surface area contributed by atoms with Gasteiger partial charge in [-0.1, -0.05) is 49.4 Å². The van der Waals surface area contributed by atoms with Crippen LogP contribution in [0.1, 0.15) is 18.4 Å². The molecule has 3 rings (SSSR count). The van der Waals surface area contributed by atoms with E-state index in [2.05, 4.69) is 59.7 Å². The number of benzene rings is 2. The number of hydrogen-bond donors (Lipinski definition) is 1. The average molecular weight is 224 g/mol. The van der Waals surface area contributed by atoms with E-state index >= 15 is 0 Å². The van der Waals surface area contributed by atoms with E-state index in [-0.39, 0.29) is 0 Å². The molecule has 0 saturated carbocycles. The largest absolute Gasteiger partial charge is 0.371 e. The van der Waals surface area contributed by atoms with Crippen molar-refractivity contribution in [1.29, 1.82) is 0 Å². The summed E-state index contributed by atoms with van der Waals surface area (Å²) < 4.78 is 0. The van der Waals surface area contributed by atoms with Crippen molar-refractivity contribution in [2.24, 2.45) is 4.99 Å². The zero-order valence-electron chi connectivity index (χ0n) is 9.98. The summed E-state index contributed by atoms with van der Waals surface area (Å²) in [4.78, 5) is 4.52. The molecule has 1 aliphatic heterocycles. The monoisotopic (exact) mass is 224 g/mol. The summed E-state index contributed by atoms with van der Waals surface area (Å²) >= 11 is 0. The van der Waals surface area contributed by atoms with Gasteiger partial charge < -0.3 is 5.32 Å². The highest BCUT2D eigenvalue weighted by molar-refractivity contribution is 5.95. The molecule has 2 aromatic carbocycles. The second kappa shape index (κ2) is 4.21. The molecule has 0 amide bonds. The standard InChI is InChI=1S/C15H16N2/c1-11(15-16-9-10-17-15)13-8-4-6-12-5-2-3-7-14(12)13/h2-8,11H,9-10H2,1H3,(H,16,17)/t11-/m1/s1. The van der Waals surface area contributed by atoms with Gasteiger partial charge in [-0.3, -0.25) is 4.99 Å². The van der Waals surface area contributed by atoms with Gasteiger partial charge in [0.2, 0.25) is 0 Å². The van der Waals surface area contributed by atoms with Gasteiger partial charge in [0, 0.05) is 12.5 Å². The van der Waals surface area contributed by atoms with Gasteiger partial charge in [0.1, 0.15) is 5.84 Å². The van der Waals surface area contributed by atoms with Crippen LogP contribution in [0.15, 0.2) is 47.5 Å². The number of fused-ring (bicyclic) bond motifs is 1. The van der Waals surface area contributed by atoms with Gasteiger partial charge in [-0.05, 0) is 16.3 Å². The topological polar surface area (TPSA) is 24.4 Å². The Hall–Kier alpha value is -1.83. The van der Waals surface area contributed by atoms with Crippen LogP contribution in [-0.4, -0.2) is 18.9 Å². The van der Waals surface area contributed by atoms with Crippen molar-refractivity contribution in [1.82, 2.24) is 5.32 Å². The molecule has 0 saturated heterocycles. The first-order valence-corrected chi connectivity index (χ1v) is 6.12. The van der Waals surface area contributed by atoms with E-state index in [1.807, 2.05) is 0 Å². The molecule has 2 nitrogen and oxygen atoms in total. The van der Waals surface area contributed by atoms with Gasteiger partial charge in [-0.15, -0.1) is 0 Å². The van der Waals surface area contributed by atoms with E-state index < -0.39 is 0 Å². The fraction of sp³-hybridized carbons (Fsp3) is 0.267. The minimum Gasteiger partial charge on any atom is -0.371 e. The SMILES string of the molecule is C[C@@H](C1=NCCN1)c1cccc2ccccc12. The second-order valence-electron chi connectivity index (χ2n) is 4.48. The van der Waals surface area contributed by atoms with Crippen molar-refractivity contribution in [2.45, 2.75) is 12.8 Å². The Kier molecular flexibility index (Phi) is 2.56. The molecule has 17 heavy (non-hydrogen) atoms. The van der Waals surface area contributed by atoms with Crippen molar-refractivity contribution in [3.8, 4) is 0 Å². The van der Waals surface area contributed by atoms with Gasteiger partial charge in [-0.2, -0.15) is 0 Å². The lowest BCUT2D eigenvalue weighted by atomic mass is 9.94. The minimum absolute atomic E-state index is 0.351. The van der Waals surface area contributed by atoms with E-state index in [0.29, 0.717) is 5.92 Å². The second-order valence-corrected chi connectivity index (χ2v) is 4.48. The van der Waals surface area contributed by atoms with Crippen LogP contribution in [0.5, 0.6) is 0 Å². The molecule has 0 unspecified atom stereocenters. The third kappa shape index (κ3) is 1.80. The summed E-state index contributed by atoms with van der Waals surface area (Å²) in [6, 6.07) is 15.0. The Bertz CT molecular complexity index is 567. The molecule has 86 valence electrons. The first-order valence-electron chi connectivity index (χ1n) is 6.12. The van der Waals surface area contributed by atoms with Crippen molar-refractivity contribution < 1.29 is 0 Å². The van der Waals surface area contributed by atoms with Crippen molar-refractivity contribution >= 4 is 16.6 Å². The molecule has 0 fully saturated rings. The van der Waals surface area contributed by atoms with Crippen LogP contribution in [-0.2, 0) is 0 Å². The molecule has 2 aromatic rings. The highest BCUT2D eigenvalue weighted by Crippen LogP contribution is 2.26. The number of aliphatic imine (C=N–C) groups is 1. The molecule has 0 aromatic heterocycles. The third-order valence-electron chi connectivity index (χ3n) is 3.40. The fourth-order valence-electron chi connectivity index (χ4n) is 2.48. The molecule has 0 radical (unpaired) electrons. The minimum atomic E-state index is 0.351. The predicted molar refractivity (Wildman–Crippen MR) is 72.7 cm³/mol. The molecule has 0 aliphatic carbocycles. The highest BCUT2D eigenvalue weighted by atomic mass is 15.1. The maximum atomic E-state index is 4.52. The maximum Gasteiger partial charge on any atom is 0.104 e. The first kappa shape index (κ1) is 10.3. The number of rotatable bonds is 2. The van der Waals surface area contributed by atoms with Crippen molar-refractivity contribution in [3.05, 3.63) is 48.0 Å². The van der Waals surface area contributed by atoms with Crippen LogP contribution in [0.25, 0.3) is 10.8 Å². The molecular weight excluding hydrogens is 208 g/mol. The summed E-state index contributed by atoms with van der Waals surface area (Å²) in [5, 5.41) is 6.00. The molecule has 1 heterocycles. The summed E-state index contributed by atoms with van der Waals surface area (Å²) in [5.41, 5.74) is 1.36. The average Bonchev–Trinajstić information content (AvgIpc) is 2.91. The highest BCUT2D eigenvalue weighted by Gasteiger charge is 2.17. The summed E-state index contributed by atoms with van der Waals surface area (Å²) in [5.74, 6) is 1.48. The Morgan fingerprint density at radius 2 is 1.94 bits per heavy atom. The molecular formula is C15H16N2. The summed E-state index contributed by atoms with van der Waals surface area (Å²) in [6.45, 7) is 4.10. The molecule has 0 spiro atoms. The van der Waals surface area contributed by atoms with Gasteiger partial charge in [0.25, 0.3) is 0 Å². The van der Waals surface area contributed by atoms with Crippen LogP contribution in [0.3, 0.4) is 0 Å². The molecule has 0 bridgehead atoms. The quantitative estimate of drug-likeness (QED) is 0.833. The Morgan fingerprint density at radius 1 is 1.12 bits per heavy atom. The lowest BCUT2D eigenvalue weighted by Gasteiger charge is -2.15. The summed E-state index contributed by atoms with van der Waals surface area (Å²) in [6.07, 6.45) is 0. The first-order chi connectivity index (χ1) is 8.36. The number of amidine groups is 1. The van der Waals surface area contributed by atoms with Crippen LogP contribution >= 0.6 is 0 Å². The maximum absolute atomic E-state index is 4.52. The van der Waals surface area contributed by atoms with Crippen LogP contribution in [0, 0.1) is 0 Å². The van der Waals surface area contributed by atoms with Crippen molar-refractivity contribution in [3.63, 3.8) is 0 Å². The lowest BCUT2D eigenvalue weighted by molar-refractivity contribution is 0.923. The number of hydrogen-bond acceptors (Lipinski definition) is 2. The summed E-state index contributed by atoms with van der Waals surface area (Å²) in [7, 11) is 0. The van der Waals surface area contributed by atoms with E-state index in [0.717, 1.165) is 18.9 Å². The molecule has 1 N–H and O–H groups in total. The van der Waals surface area contributed by atoms with Crippen LogP contribution in [0.4, 0.5) is 0 Å². The number of nitrogens with one attached hydrogen (secondary N) is 1. The van der Waals surface area contributed by atoms with Crippen molar-refractivity contribution in [2.75, 3.05) is 13.1 Å². The fourth-order valence-corrected chi connectivity index (χ4v) is 2.48. The van der Waals surface area contributed by atoms with Gasteiger partial charge >= 0.3 is 0 Å². The molecule has 1 atom stereocenters. The van der Waals surface area contributed by atoms with E-state index in [1.165, 1.54) is 16.3 Å². The third-order valence-corrected chi connectivity index (χ3v) is 3.40. The Labute approximate surface area is 101 Å². The van der Waals surface area contributed by atoms with Gasteiger partial charge in [-0.25, -0.2) is 0 Å². The molecule has 2 heteroatoms. The predicted octanol–water partition coefficient (Wildman–Crippen LogP) is 2.95. The van der Waals surface area contributed by atoms with Crippen LogP contribution in [0.2, 0.25) is 0 Å². The van der Waals surface area contributed by atoms with Gasteiger partial charge in [0.15, 0.2) is 0 Å². The molecule has 1 aliphatic rings. The van der Waals surface area contributed by atoms with E-state index in [4.69, 9.17) is 0 Å². The zero-order chi connectivity index (χ0) is 11.7. The van der Waals surface area contributed by atoms with E-state index in [1.54, 1.807) is 0 Å². The Morgan fingerprint density at radius 3 is 2.76 bits per heavy atom.